The minimum atomic E-state index is -0.644. The molecule has 2 aromatic rings. The summed E-state index contributed by atoms with van der Waals surface area (Å²) in [4.78, 5) is 12.1. The molecular weight excluding hydrogens is 247 g/mol. The van der Waals surface area contributed by atoms with E-state index in [9.17, 15) is 9.18 Å². The number of nitrogens with one attached hydrogen (secondary N) is 2. The van der Waals surface area contributed by atoms with Crippen molar-refractivity contribution in [3.8, 4) is 0 Å². The van der Waals surface area contributed by atoms with Crippen LogP contribution in [0.15, 0.2) is 30.5 Å². The molecule has 100 valence electrons. The number of nitrogens with two attached hydrogens (primary N) is 1. The summed E-state index contributed by atoms with van der Waals surface area (Å²) < 4.78 is 12.9. The second-order valence-corrected chi connectivity index (χ2v) is 4.78. The summed E-state index contributed by atoms with van der Waals surface area (Å²) in [7, 11) is 0. The fraction of sp³-hybridized carbons (Fsp3) is 0.231. The highest BCUT2D eigenvalue weighted by molar-refractivity contribution is 5.98. The van der Waals surface area contributed by atoms with Crippen molar-refractivity contribution >= 4 is 11.7 Å². The number of rotatable bonds is 3. The van der Waals surface area contributed by atoms with Crippen molar-refractivity contribution in [2.45, 2.75) is 19.4 Å². The molecule has 2 rings (SSSR count). The van der Waals surface area contributed by atoms with Crippen LogP contribution in [0.1, 0.15) is 29.8 Å². The normalized spacial score (nSPS) is 11.3. The van der Waals surface area contributed by atoms with E-state index in [1.165, 1.54) is 18.3 Å². The molecule has 1 aromatic carbocycles. The first kappa shape index (κ1) is 13.1. The van der Waals surface area contributed by atoms with Gasteiger partial charge in [0.25, 0.3) is 5.91 Å². The van der Waals surface area contributed by atoms with Gasteiger partial charge in [0.2, 0.25) is 0 Å². The van der Waals surface area contributed by atoms with E-state index in [1.54, 1.807) is 12.1 Å². The molecule has 0 aliphatic heterocycles. The zero-order valence-corrected chi connectivity index (χ0v) is 10.7. The average molecular weight is 262 g/mol. The summed E-state index contributed by atoms with van der Waals surface area (Å²) in [5, 5.41) is 9.03. The number of amides is 1. The maximum absolute atomic E-state index is 12.9. The van der Waals surface area contributed by atoms with Crippen LogP contribution < -0.4 is 11.1 Å². The van der Waals surface area contributed by atoms with Gasteiger partial charge in [-0.3, -0.25) is 9.89 Å². The number of hydrogen-bond acceptors (Lipinski definition) is 3. The Labute approximate surface area is 110 Å². The van der Waals surface area contributed by atoms with Gasteiger partial charge in [0, 0.05) is 0 Å². The molecule has 0 aliphatic carbocycles. The van der Waals surface area contributed by atoms with Crippen LogP contribution in [0.4, 0.5) is 10.2 Å². The van der Waals surface area contributed by atoms with Crippen molar-refractivity contribution in [3.63, 3.8) is 0 Å². The topological polar surface area (TPSA) is 83.8 Å². The third kappa shape index (κ3) is 2.73. The van der Waals surface area contributed by atoms with Crippen LogP contribution in [0, 0.1) is 5.82 Å². The highest BCUT2D eigenvalue weighted by atomic mass is 19.1. The number of aromatic amines is 1. The van der Waals surface area contributed by atoms with E-state index < -0.39 is 5.54 Å². The first-order valence-electron chi connectivity index (χ1n) is 5.77. The highest BCUT2D eigenvalue weighted by Crippen LogP contribution is 2.21. The van der Waals surface area contributed by atoms with Crippen LogP contribution in [0.2, 0.25) is 0 Å². The summed E-state index contributed by atoms with van der Waals surface area (Å²) >= 11 is 0. The van der Waals surface area contributed by atoms with Crippen molar-refractivity contribution in [1.29, 1.82) is 0 Å². The van der Waals surface area contributed by atoms with Gasteiger partial charge < -0.3 is 11.1 Å². The van der Waals surface area contributed by atoms with Crippen molar-refractivity contribution in [2.24, 2.45) is 0 Å². The van der Waals surface area contributed by atoms with Crippen molar-refractivity contribution in [1.82, 2.24) is 15.5 Å². The summed E-state index contributed by atoms with van der Waals surface area (Å²) in [6, 6.07) is 5.98. The fourth-order valence-electron chi connectivity index (χ4n) is 1.77. The molecular formula is C13H15FN4O. The van der Waals surface area contributed by atoms with Gasteiger partial charge in [0.15, 0.2) is 0 Å². The third-order valence-electron chi connectivity index (χ3n) is 2.91. The highest BCUT2D eigenvalue weighted by Gasteiger charge is 2.24. The first-order chi connectivity index (χ1) is 8.90. The monoisotopic (exact) mass is 262 g/mol. The molecule has 0 radical (unpaired) electrons. The minimum absolute atomic E-state index is 0.215. The Hall–Kier alpha value is -2.37. The zero-order chi connectivity index (χ0) is 14.0. The number of nitrogens with zero attached hydrogens (tertiary/aromatic N) is 1. The summed E-state index contributed by atoms with van der Waals surface area (Å²) in [6.45, 7) is 3.66. The number of carbonyl (C=O) groups is 1. The predicted molar refractivity (Wildman–Crippen MR) is 69.9 cm³/mol. The van der Waals surface area contributed by atoms with E-state index in [2.05, 4.69) is 15.5 Å². The molecule has 4 N–H and O–H groups in total. The third-order valence-corrected chi connectivity index (χ3v) is 2.91. The van der Waals surface area contributed by atoms with Crippen LogP contribution in [0.5, 0.6) is 0 Å². The first-order valence-corrected chi connectivity index (χ1v) is 5.77. The molecule has 6 heteroatoms. The second-order valence-electron chi connectivity index (χ2n) is 4.78. The number of hydrogen-bond donors (Lipinski definition) is 3. The van der Waals surface area contributed by atoms with Gasteiger partial charge >= 0.3 is 0 Å². The van der Waals surface area contributed by atoms with E-state index >= 15 is 0 Å². The van der Waals surface area contributed by atoms with Gasteiger partial charge in [0.05, 0.1) is 11.7 Å². The lowest BCUT2D eigenvalue weighted by Gasteiger charge is -2.26. The van der Waals surface area contributed by atoms with E-state index in [0.717, 1.165) is 5.56 Å². The maximum Gasteiger partial charge on any atom is 0.257 e. The summed E-state index contributed by atoms with van der Waals surface area (Å²) in [5.74, 6) is -0.432. The van der Waals surface area contributed by atoms with E-state index in [4.69, 9.17) is 5.73 Å². The number of carbonyl (C=O) groups excluding carboxylic acids is 1. The number of nitrogen functional groups attached to an aromatic ring is 1. The molecule has 0 aliphatic rings. The van der Waals surface area contributed by atoms with E-state index in [-0.39, 0.29) is 23.1 Å². The standard InChI is InChI=1S/C13H15FN4O/c1-13(2,8-3-5-9(14)6-4-8)17-12(19)10-7-16-18-11(10)15/h3-7H,1-2H3,(H,17,19)(H3,15,16,18). The lowest BCUT2D eigenvalue weighted by molar-refractivity contribution is 0.0913. The number of anilines is 1. The van der Waals surface area contributed by atoms with Crippen molar-refractivity contribution in [2.75, 3.05) is 5.73 Å². The summed E-state index contributed by atoms with van der Waals surface area (Å²) in [6.07, 6.45) is 1.37. The van der Waals surface area contributed by atoms with E-state index in [1.807, 2.05) is 13.8 Å². The van der Waals surface area contributed by atoms with Gasteiger partial charge in [-0.15, -0.1) is 0 Å². The average Bonchev–Trinajstić information content (AvgIpc) is 2.75. The Bertz CT molecular complexity index is 589. The Kier molecular flexibility index (Phi) is 3.25. The van der Waals surface area contributed by atoms with Crippen LogP contribution in [0.3, 0.4) is 0 Å². The van der Waals surface area contributed by atoms with Gasteiger partial charge in [0.1, 0.15) is 17.2 Å². The van der Waals surface area contributed by atoms with Gasteiger partial charge in [-0.1, -0.05) is 12.1 Å². The Balaban J connectivity index is 2.19. The Morgan fingerprint density at radius 1 is 1.37 bits per heavy atom. The molecule has 1 aromatic heterocycles. The smallest absolute Gasteiger partial charge is 0.257 e. The molecule has 19 heavy (non-hydrogen) atoms. The lowest BCUT2D eigenvalue weighted by Crippen LogP contribution is -2.41. The summed E-state index contributed by atoms with van der Waals surface area (Å²) in [5.41, 5.74) is 6.03. The van der Waals surface area contributed by atoms with Gasteiger partial charge in [-0.2, -0.15) is 5.10 Å². The largest absolute Gasteiger partial charge is 0.383 e. The Morgan fingerprint density at radius 3 is 2.53 bits per heavy atom. The predicted octanol–water partition coefficient (Wildman–Crippen LogP) is 1.80. The molecule has 0 saturated carbocycles. The molecule has 0 atom stereocenters. The fourth-order valence-corrected chi connectivity index (χ4v) is 1.77. The van der Waals surface area contributed by atoms with Crippen LogP contribution >= 0.6 is 0 Å². The number of aromatic nitrogens is 2. The van der Waals surface area contributed by atoms with Gasteiger partial charge in [-0.25, -0.2) is 4.39 Å². The lowest BCUT2D eigenvalue weighted by atomic mass is 9.94. The van der Waals surface area contributed by atoms with Crippen LogP contribution in [0.25, 0.3) is 0 Å². The molecule has 5 nitrogen and oxygen atoms in total. The van der Waals surface area contributed by atoms with E-state index in [0.29, 0.717) is 0 Å². The number of benzene rings is 1. The maximum atomic E-state index is 12.9. The Morgan fingerprint density at radius 2 is 2.00 bits per heavy atom. The van der Waals surface area contributed by atoms with Crippen LogP contribution in [-0.4, -0.2) is 16.1 Å². The van der Waals surface area contributed by atoms with Crippen molar-refractivity contribution < 1.29 is 9.18 Å². The SMILES string of the molecule is CC(C)(NC(=O)c1cn[nH]c1N)c1ccc(F)cc1. The zero-order valence-electron chi connectivity index (χ0n) is 10.7. The molecule has 1 amide bonds. The molecule has 0 unspecified atom stereocenters. The quantitative estimate of drug-likeness (QED) is 0.788. The number of halogens is 1. The molecule has 0 fully saturated rings. The van der Waals surface area contributed by atoms with Crippen LogP contribution in [-0.2, 0) is 5.54 Å². The van der Waals surface area contributed by atoms with Crippen molar-refractivity contribution in [3.05, 3.63) is 47.4 Å². The molecule has 1 heterocycles. The molecule has 0 spiro atoms. The molecule has 0 bridgehead atoms. The second kappa shape index (κ2) is 4.72. The number of H-pyrrole nitrogens is 1. The van der Waals surface area contributed by atoms with Gasteiger partial charge in [-0.05, 0) is 31.5 Å². The minimum Gasteiger partial charge on any atom is -0.383 e. The molecule has 0 saturated heterocycles.